The lowest BCUT2D eigenvalue weighted by Crippen LogP contribution is -2.45. The number of carbonyl (C=O) groups is 1. The van der Waals surface area contributed by atoms with Crippen LogP contribution in [0.25, 0.3) is 0 Å². The van der Waals surface area contributed by atoms with Gasteiger partial charge in [0.1, 0.15) is 0 Å². The zero-order chi connectivity index (χ0) is 20.8. The summed E-state index contributed by atoms with van der Waals surface area (Å²) in [7, 11) is 1.63. The Kier molecular flexibility index (Phi) is 6.84. The zero-order valence-electron chi connectivity index (χ0n) is 17.4. The number of piperazine rings is 1. The molecule has 2 aliphatic rings. The molecule has 0 unspecified atom stereocenters. The molecule has 2 heterocycles. The molecule has 0 atom stereocenters. The minimum absolute atomic E-state index is 0.0533. The number of hydrogen-bond acceptors (Lipinski definition) is 6. The van der Waals surface area contributed by atoms with Crippen molar-refractivity contribution in [2.45, 2.75) is 13.1 Å². The summed E-state index contributed by atoms with van der Waals surface area (Å²) in [4.78, 5) is 17.2. The highest BCUT2D eigenvalue weighted by molar-refractivity contribution is 5.94. The van der Waals surface area contributed by atoms with E-state index in [0.29, 0.717) is 25.5 Å². The second kappa shape index (κ2) is 9.93. The maximum Gasteiger partial charge on any atom is 0.251 e. The molecule has 30 heavy (non-hydrogen) atoms. The summed E-state index contributed by atoms with van der Waals surface area (Å²) in [5.41, 5.74) is 3.11. The predicted molar refractivity (Wildman–Crippen MR) is 114 cm³/mol. The van der Waals surface area contributed by atoms with Crippen molar-refractivity contribution < 1.29 is 19.0 Å². The predicted octanol–water partition coefficient (Wildman–Crippen LogP) is 2.11. The molecule has 0 bridgehead atoms. The van der Waals surface area contributed by atoms with Crippen LogP contribution in [0.4, 0.5) is 0 Å². The van der Waals surface area contributed by atoms with Crippen molar-refractivity contribution in [2.24, 2.45) is 0 Å². The minimum Gasteiger partial charge on any atom is -0.454 e. The number of rotatable bonds is 8. The van der Waals surface area contributed by atoms with Crippen LogP contribution < -0.4 is 14.8 Å². The quantitative estimate of drug-likeness (QED) is 0.672. The Labute approximate surface area is 177 Å². The fourth-order valence-corrected chi connectivity index (χ4v) is 3.84. The zero-order valence-corrected chi connectivity index (χ0v) is 17.4. The van der Waals surface area contributed by atoms with Crippen LogP contribution in [-0.2, 0) is 17.8 Å². The van der Waals surface area contributed by atoms with Gasteiger partial charge in [0.2, 0.25) is 6.79 Å². The summed E-state index contributed by atoms with van der Waals surface area (Å²) in [6.07, 6.45) is 0. The number of ether oxygens (including phenoxy) is 3. The third-order valence-corrected chi connectivity index (χ3v) is 5.50. The first-order valence-electron chi connectivity index (χ1n) is 10.4. The Morgan fingerprint density at radius 1 is 0.967 bits per heavy atom. The fraction of sp³-hybridized carbons (Fsp3) is 0.435. The lowest BCUT2D eigenvalue weighted by atomic mass is 10.1. The first-order chi connectivity index (χ1) is 14.7. The summed E-state index contributed by atoms with van der Waals surface area (Å²) in [5, 5.41) is 2.87. The van der Waals surface area contributed by atoms with Crippen molar-refractivity contribution in [3.05, 3.63) is 59.2 Å². The molecule has 7 nitrogen and oxygen atoms in total. The van der Waals surface area contributed by atoms with E-state index in [-0.39, 0.29) is 5.91 Å². The van der Waals surface area contributed by atoms with E-state index >= 15 is 0 Å². The summed E-state index contributed by atoms with van der Waals surface area (Å²) < 4.78 is 15.9. The van der Waals surface area contributed by atoms with Crippen LogP contribution >= 0.6 is 0 Å². The molecule has 7 heteroatoms. The molecule has 0 aliphatic carbocycles. The molecule has 4 rings (SSSR count). The van der Waals surface area contributed by atoms with Crippen LogP contribution in [0.15, 0.2) is 42.5 Å². The molecule has 0 spiro atoms. The van der Waals surface area contributed by atoms with Crippen LogP contribution in [0.5, 0.6) is 11.5 Å². The SMILES string of the molecule is COCCNC(=O)c1cccc(CN2CCN(Cc3ccc4c(c3)OCO4)CC2)c1. The molecule has 2 aromatic carbocycles. The number of methoxy groups -OCH3 is 1. The lowest BCUT2D eigenvalue weighted by Gasteiger charge is -2.34. The van der Waals surface area contributed by atoms with Gasteiger partial charge in [-0.25, -0.2) is 0 Å². The highest BCUT2D eigenvalue weighted by atomic mass is 16.7. The van der Waals surface area contributed by atoms with Gasteiger partial charge in [0.05, 0.1) is 6.61 Å². The van der Waals surface area contributed by atoms with Crippen LogP contribution in [-0.4, -0.2) is 68.9 Å². The molecule has 1 amide bonds. The summed E-state index contributed by atoms with van der Waals surface area (Å²) in [6, 6.07) is 14.1. The number of fused-ring (bicyclic) bond motifs is 1. The van der Waals surface area contributed by atoms with Crippen molar-refractivity contribution in [2.75, 3.05) is 53.2 Å². The number of carbonyl (C=O) groups excluding carboxylic acids is 1. The normalized spacial score (nSPS) is 16.6. The fourth-order valence-electron chi connectivity index (χ4n) is 3.84. The minimum atomic E-state index is -0.0533. The molecular formula is C23H29N3O4. The Bertz CT molecular complexity index is 865. The first kappa shape index (κ1) is 20.7. The average molecular weight is 412 g/mol. The van der Waals surface area contributed by atoms with Gasteiger partial charge in [-0.15, -0.1) is 0 Å². The standard InChI is InChI=1S/C23H29N3O4/c1-28-12-7-24-23(27)20-4-2-3-18(13-20)15-25-8-10-26(11-9-25)16-19-5-6-21-22(14-19)30-17-29-21/h2-6,13-14H,7-12,15-17H2,1H3,(H,24,27). The number of hydrogen-bond donors (Lipinski definition) is 1. The first-order valence-corrected chi connectivity index (χ1v) is 10.4. The van der Waals surface area contributed by atoms with Gasteiger partial charge in [0.25, 0.3) is 5.91 Å². The smallest absolute Gasteiger partial charge is 0.251 e. The van der Waals surface area contributed by atoms with E-state index in [1.165, 1.54) is 11.1 Å². The van der Waals surface area contributed by atoms with Crippen molar-refractivity contribution in [3.63, 3.8) is 0 Å². The second-order valence-electron chi connectivity index (χ2n) is 7.69. The number of amides is 1. The van der Waals surface area contributed by atoms with Gasteiger partial charge < -0.3 is 19.5 Å². The highest BCUT2D eigenvalue weighted by Gasteiger charge is 2.19. The lowest BCUT2D eigenvalue weighted by molar-refractivity contribution is 0.0936. The molecule has 1 fully saturated rings. The van der Waals surface area contributed by atoms with Crippen molar-refractivity contribution >= 4 is 5.91 Å². The van der Waals surface area contributed by atoms with Crippen LogP contribution in [0.3, 0.4) is 0 Å². The number of nitrogens with zero attached hydrogens (tertiary/aromatic N) is 2. The maximum absolute atomic E-state index is 12.2. The van der Waals surface area contributed by atoms with E-state index in [2.05, 4.69) is 33.3 Å². The Morgan fingerprint density at radius 3 is 2.40 bits per heavy atom. The van der Waals surface area contributed by atoms with Crippen molar-refractivity contribution in [1.82, 2.24) is 15.1 Å². The molecule has 160 valence electrons. The van der Waals surface area contributed by atoms with Crippen LogP contribution in [0, 0.1) is 0 Å². The maximum atomic E-state index is 12.2. The van der Waals surface area contributed by atoms with Crippen molar-refractivity contribution in [3.8, 4) is 11.5 Å². The summed E-state index contributed by atoms with van der Waals surface area (Å²) >= 11 is 0. The van der Waals surface area contributed by atoms with Gasteiger partial charge in [0, 0.05) is 58.5 Å². The van der Waals surface area contributed by atoms with Gasteiger partial charge in [-0.2, -0.15) is 0 Å². The molecule has 0 aromatic heterocycles. The Morgan fingerprint density at radius 2 is 1.67 bits per heavy atom. The summed E-state index contributed by atoms with van der Waals surface area (Å²) in [6.45, 7) is 7.18. The van der Waals surface area contributed by atoms with Gasteiger partial charge in [-0.05, 0) is 35.4 Å². The van der Waals surface area contributed by atoms with Crippen molar-refractivity contribution in [1.29, 1.82) is 0 Å². The van der Waals surface area contributed by atoms with E-state index in [9.17, 15) is 4.79 Å². The van der Waals surface area contributed by atoms with Gasteiger partial charge >= 0.3 is 0 Å². The third kappa shape index (κ3) is 5.30. The molecule has 0 radical (unpaired) electrons. The van der Waals surface area contributed by atoms with Gasteiger partial charge in [0.15, 0.2) is 11.5 Å². The van der Waals surface area contributed by atoms with Crippen LogP contribution in [0.1, 0.15) is 21.5 Å². The Balaban J connectivity index is 1.25. The van der Waals surface area contributed by atoms with Crippen LogP contribution in [0.2, 0.25) is 0 Å². The number of nitrogens with one attached hydrogen (secondary N) is 1. The van der Waals surface area contributed by atoms with E-state index in [4.69, 9.17) is 14.2 Å². The second-order valence-corrected chi connectivity index (χ2v) is 7.69. The van der Waals surface area contributed by atoms with Gasteiger partial charge in [-0.3, -0.25) is 14.6 Å². The largest absolute Gasteiger partial charge is 0.454 e. The number of benzene rings is 2. The van der Waals surface area contributed by atoms with E-state index in [1.54, 1.807) is 7.11 Å². The molecular weight excluding hydrogens is 382 g/mol. The molecule has 1 N–H and O–H groups in total. The van der Waals surface area contributed by atoms with E-state index in [0.717, 1.165) is 50.8 Å². The van der Waals surface area contributed by atoms with E-state index in [1.807, 2.05) is 24.3 Å². The molecule has 0 saturated carbocycles. The molecule has 2 aliphatic heterocycles. The molecule has 2 aromatic rings. The molecule has 1 saturated heterocycles. The monoisotopic (exact) mass is 411 g/mol. The third-order valence-electron chi connectivity index (χ3n) is 5.50. The topological polar surface area (TPSA) is 63.3 Å². The highest BCUT2D eigenvalue weighted by Crippen LogP contribution is 2.32. The van der Waals surface area contributed by atoms with E-state index < -0.39 is 0 Å². The van der Waals surface area contributed by atoms with Gasteiger partial charge in [-0.1, -0.05) is 18.2 Å². The Hall–Kier alpha value is -2.61. The summed E-state index contributed by atoms with van der Waals surface area (Å²) in [5.74, 6) is 1.62. The average Bonchev–Trinajstić information content (AvgIpc) is 3.23.